The Morgan fingerprint density at radius 2 is 1.76 bits per heavy atom. The number of benzene rings is 1. The van der Waals surface area contributed by atoms with Gasteiger partial charge in [-0.05, 0) is 12.5 Å². The van der Waals surface area contributed by atoms with Crippen molar-refractivity contribution in [1.29, 1.82) is 0 Å². The molecule has 0 saturated carbocycles. The molecule has 0 atom stereocenters. The Bertz CT molecular complexity index is 801. The second-order valence-electron chi connectivity index (χ2n) is 4.79. The third kappa shape index (κ3) is 2.79. The smallest absolute Gasteiger partial charge is 0.333 e. The Kier molecular flexibility index (Phi) is 4.07. The maximum atomic E-state index is 12.1. The van der Waals surface area contributed by atoms with E-state index < -0.39 is 11.2 Å². The molecule has 1 aromatic carbocycles. The lowest BCUT2D eigenvalue weighted by Gasteiger charge is -2.10. The number of nitrogens with zero attached hydrogens (tertiary/aromatic N) is 3. The van der Waals surface area contributed by atoms with Gasteiger partial charge in [0.2, 0.25) is 5.88 Å². The van der Waals surface area contributed by atoms with Gasteiger partial charge in [0.15, 0.2) is 0 Å². The van der Waals surface area contributed by atoms with Crippen molar-refractivity contribution in [1.82, 2.24) is 9.13 Å². The summed E-state index contributed by atoms with van der Waals surface area (Å²) in [6, 6.07) is 9.57. The highest BCUT2D eigenvalue weighted by atomic mass is 16.3. The largest absolute Gasteiger partial charge is 0.494 e. The predicted molar refractivity (Wildman–Crippen MR) is 80.9 cm³/mol. The molecule has 0 radical (unpaired) electrons. The molecule has 6 heteroatoms. The molecule has 0 unspecified atom stereocenters. The molecule has 1 N–H and O–H groups in total. The van der Waals surface area contributed by atoms with Gasteiger partial charge >= 0.3 is 5.69 Å². The van der Waals surface area contributed by atoms with E-state index in [-0.39, 0.29) is 11.4 Å². The van der Waals surface area contributed by atoms with Crippen molar-refractivity contribution in [2.75, 3.05) is 0 Å². The van der Waals surface area contributed by atoms with Crippen molar-refractivity contribution in [3.63, 3.8) is 0 Å². The van der Waals surface area contributed by atoms with Crippen LogP contribution in [0.5, 0.6) is 5.88 Å². The van der Waals surface area contributed by atoms with Crippen LogP contribution in [-0.2, 0) is 20.6 Å². The summed E-state index contributed by atoms with van der Waals surface area (Å²) in [6.45, 7) is 2.04. The van der Waals surface area contributed by atoms with E-state index in [1.807, 2.05) is 30.3 Å². The van der Waals surface area contributed by atoms with Gasteiger partial charge in [-0.2, -0.15) is 0 Å². The second-order valence-corrected chi connectivity index (χ2v) is 4.79. The number of hydrogen-bond acceptors (Lipinski definition) is 4. The van der Waals surface area contributed by atoms with Crippen molar-refractivity contribution in [2.24, 2.45) is 19.1 Å². The predicted octanol–water partition coefficient (Wildman–Crippen LogP) is 0.799. The second kappa shape index (κ2) is 5.78. The fourth-order valence-electron chi connectivity index (χ4n) is 2.02. The molecule has 21 heavy (non-hydrogen) atoms. The van der Waals surface area contributed by atoms with Crippen LogP contribution < -0.4 is 11.2 Å². The van der Waals surface area contributed by atoms with Crippen LogP contribution in [0.15, 0.2) is 44.9 Å². The lowest BCUT2D eigenvalue weighted by Crippen LogP contribution is -2.39. The number of aromatic hydroxyl groups is 1. The van der Waals surface area contributed by atoms with Gasteiger partial charge in [-0.1, -0.05) is 30.3 Å². The van der Waals surface area contributed by atoms with Gasteiger partial charge in [-0.3, -0.25) is 18.9 Å². The molecule has 2 rings (SSSR count). The minimum Gasteiger partial charge on any atom is -0.494 e. The Morgan fingerprint density at radius 3 is 2.38 bits per heavy atom. The first-order chi connectivity index (χ1) is 9.93. The van der Waals surface area contributed by atoms with Crippen LogP contribution in [0.1, 0.15) is 18.1 Å². The topological polar surface area (TPSA) is 76.6 Å². The molecule has 0 spiro atoms. The summed E-state index contributed by atoms with van der Waals surface area (Å²) in [6.07, 6.45) is 0. The Labute approximate surface area is 121 Å². The van der Waals surface area contributed by atoms with Crippen LogP contribution in [0.2, 0.25) is 0 Å². The fraction of sp³-hybridized carbons (Fsp3) is 0.267. The van der Waals surface area contributed by atoms with Gasteiger partial charge in [-0.15, -0.1) is 0 Å². The van der Waals surface area contributed by atoms with Gasteiger partial charge in [0.1, 0.15) is 5.56 Å². The van der Waals surface area contributed by atoms with E-state index in [2.05, 4.69) is 4.99 Å². The number of aromatic nitrogens is 2. The molecule has 0 amide bonds. The van der Waals surface area contributed by atoms with Gasteiger partial charge in [0.25, 0.3) is 5.56 Å². The lowest BCUT2D eigenvalue weighted by atomic mass is 10.2. The molecule has 1 aromatic heterocycles. The molecular weight excluding hydrogens is 270 g/mol. The molecule has 1 heterocycles. The minimum absolute atomic E-state index is 0.0514. The van der Waals surface area contributed by atoms with E-state index in [0.29, 0.717) is 12.3 Å². The van der Waals surface area contributed by atoms with Crippen LogP contribution in [0.4, 0.5) is 0 Å². The quantitative estimate of drug-likeness (QED) is 0.848. The summed E-state index contributed by atoms with van der Waals surface area (Å²) < 4.78 is 1.98. The average molecular weight is 287 g/mol. The minimum atomic E-state index is -0.572. The number of hydrogen-bond donors (Lipinski definition) is 1. The number of rotatable bonds is 3. The zero-order valence-electron chi connectivity index (χ0n) is 12.2. The molecule has 2 aromatic rings. The van der Waals surface area contributed by atoms with Crippen molar-refractivity contribution < 1.29 is 5.11 Å². The third-order valence-electron chi connectivity index (χ3n) is 3.34. The van der Waals surface area contributed by atoms with Gasteiger partial charge in [-0.25, -0.2) is 4.79 Å². The van der Waals surface area contributed by atoms with Gasteiger partial charge < -0.3 is 5.11 Å². The molecule has 0 saturated heterocycles. The Hall–Kier alpha value is -2.63. The summed E-state index contributed by atoms with van der Waals surface area (Å²) in [4.78, 5) is 28.1. The maximum Gasteiger partial charge on any atom is 0.333 e. The monoisotopic (exact) mass is 287 g/mol. The molecule has 0 aliphatic rings. The Morgan fingerprint density at radius 1 is 1.14 bits per heavy atom. The van der Waals surface area contributed by atoms with Crippen LogP contribution in [0, 0.1) is 0 Å². The number of aliphatic imine (C=N–C) groups is 1. The van der Waals surface area contributed by atoms with Gasteiger partial charge in [0.05, 0.1) is 12.3 Å². The molecule has 0 aliphatic heterocycles. The zero-order valence-corrected chi connectivity index (χ0v) is 12.2. The van der Waals surface area contributed by atoms with Crippen LogP contribution in [0.3, 0.4) is 0 Å². The molecular formula is C15H17N3O3. The van der Waals surface area contributed by atoms with Crippen LogP contribution in [0.25, 0.3) is 0 Å². The van der Waals surface area contributed by atoms with E-state index in [1.54, 1.807) is 6.92 Å². The van der Waals surface area contributed by atoms with E-state index in [1.165, 1.54) is 14.1 Å². The first-order valence-electron chi connectivity index (χ1n) is 6.47. The molecule has 0 bridgehead atoms. The van der Waals surface area contributed by atoms with Crippen molar-refractivity contribution in [3.05, 3.63) is 62.3 Å². The summed E-state index contributed by atoms with van der Waals surface area (Å²) in [7, 11) is 2.78. The molecule has 110 valence electrons. The third-order valence-corrected chi connectivity index (χ3v) is 3.34. The summed E-state index contributed by atoms with van der Waals surface area (Å²) in [5.74, 6) is -0.364. The zero-order chi connectivity index (χ0) is 15.6. The first-order valence-corrected chi connectivity index (χ1v) is 6.47. The van der Waals surface area contributed by atoms with Crippen molar-refractivity contribution in [3.8, 4) is 5.88 Å². The van der Waals surface area contributed by atoms with Crippen molar-refractivity contribution >= 4 is 5.71 Å². The normalized spacial score (nSPS) is 11.7. The molecule has 6 nitrogen and oxygen atoms in total. The summed E-state index contributed by atoms with van der Waals surface area (Å²) in [5.41, 5.74) is 0.322. The standard InChI is InChI=1S/C15H17N3O3/c1-10(16-9-11-7-5-4-6-8-11)12-13(19)17(2)15(21)18(3)14(12)20/h4-8,19H,9H2,1-3H3. The van der Waals surface area contributed by atoms with E-state index in [4.69, 9.17) is 0 Å². The average Bonchev–Trinajstić information content (AvgIpc) is 2.50. The van der Waals surface area contributed by atoms with Crippen molar-refractivity contribution in [2.45, 2.75) is 13.5 Å². The van der Waals surface area contributed by atoms with Crippen LogP contribution >= 0.6 is 0 Å². The summed E-state index contributed by atoms with van der Waals surface area (Å²) >= 11 is 0. The highest BCUT2D eigenvalue weighted by Gasteiger charge is 2.16. The highest BCUT2D eigenvalue weighted by molar-refractivity contribution is 6.00. The Balaban J connectivity index is 2.47. The summed E-state index contributed by atoms with van der Waals surface area (Å²) in [5, 5.41) is 10.0. The van der Waals surface area contributed by atoms with E-state index in [0.717, 1.165) is 14.7 Å². The van der Waals surface area contributed by atoms with Gasteiger partial charge in [0, 0.05) is 14.1 Å². The molecule has 0 fully saturated rings. The maximum absolute atomic E-state index is 12.1. The van der Waals surface area contributed by atoms with E-state index in [9.17, 15) is 14.7 Å². The molecule has 0 aliphatic carbocycles. The van der Waals surface area contributed by atoms with Crippen LogP contribution in [-0.4, -0.2) is 20.0 Å². The SMILES string of the molecule is CC(=NCc1ccccc1)c1c(O)n(C)c(=O)n(C)c1=O. The first kappa shape index (κ1) is 14.8. The lowest BCUT2D eigenvalue weighted by molar-refractivity contribution is 0.410. The highest BCUT2D eigenvalue weighted by Crippen LogP contribution is 2.11. The fourth-order valence-corrected chi connectivity index (χ4v) is 2.02. The van der Waals surface area contributed by atoms with E-state index >= 15 is 0 Å².